The van der Waals surface area contributed by atoms with Crippen molar-refractivity contribution in [1.29, 1.82) is 0 Å². The van der Waals surface area contributed by atoms with Gasteiger partial charge in [-0.25, -0.2) is 0 Å². The normalized spacial score (nSPS) is 13.6. The van der Waals surface area contributed by atoms with Gasteiger partial charge in [0.25, 0.3) is 0 Å². The quantitative estimate of drug-likeness (QED) is 0.530. The Morgan fingerprint density at radius 2 is 1.95 bits per heavy atom. The molecule has 0 aliphatic carbocycles. The predicted molar refractivity (Wildman–Crippen MR) is 70.3 cm³/mol. The van der Waals surface area contributed by atoms with Gasteiger partial charge < -0.3 is 20.1 Å². The molecule has 1 rings (SSSR count). The van der Waals surface area contributed by atoms with Gasteiger partial charge in [0.15, 0.2) is 5.78 Å². The zero-order valence-corrected chi connectivity index (χ0v) is 11.4. The fraction of sp³-hybridized carbons (Fsp3) is 0.429. The van der Waals surface area contributed by atoms with Crippen LogP contribution in [0.2, 0.25) is 0 Å². The Hall–Kier alpha value is -1.92. The largest absolute Gasteiger partial charge is 0.507 e. The van der Waals surface area contributed by atoms with Gasteiger partial charge in [-0.05, 0) is 31.5 Å². The molecule has 20 heavy (non-hydrogen) atoms. The minimum absolute atomic E-state index is 0.0462. The SMILES string of the molecule is CCOC(=O)CC(O)C(O)c1ccc(O)c(C(C)=O)c1. The van der Waals surface area contributed by atoms with Gasteiger partial charge in [-0.1, -0.05) is 6.07 Å². The molecule has 1 aromatic rings. The molecule has 6 heteroatoms. The molecule has 0 aliphatic rings. The summed E-state index contributed by atoms with van der Waals surface area (Å²) < 4.78 is 4.68. The first-order valence-electron chi connectivity index (χ1n) is 6.22. The van der Waals surface area contributed by atoms with Crippen molar-refractivity contribution >= 4 is 11.8 Å². The third-order valence-corrected chi connectivity index (χ3v) is 2.79. The second-order valence-electron chi connectivity index (χ2n) is 4.35. The highest BCUT2D eigenvalue weighted by Gasteiger charge is 2.23. The van der Waals surface area contributed by atoms with E-state index < -0.39 is 18.2 Å². The van der Waals surface area contributed by atoms with E-state index in [1.165, 1.54) is 25.1 Å². The van der Waals surface area contributed by atoms with Crippen LogP contribution >= 0.6 is 0 Å². The van der Waals surface area contributed by atoms with Crippen LogP contribution in [0, 0.1) is 0 Å². The summed E-state index contributed by atoms with van der Waals surface area (Å²) in [5.74, 6) is -1.19. The Bertz CT molecular complexity index is 496. The Morgan fingerprint density at radius 1 is 1.30 bits per heavy atom. The van der Waals surface area contributed by atoms with Crippen molar-refractivity contribution in [2.45, 2.75) is 32.5 Å². The van der Waals surface area contributed by atoms with Gasteiger partial charge in [0, 0.05) is 0 Å². The van der Waals surface area contributed by atoms with Gasteiger partial charge in [-0.15, -0.1) is 0 Å². The third-order valence-electron chi connectivity index (χ3n) is 2.79. The lowest BCUT2D eigenvalue weighted by Gasteiger charge is -2.18. The number of aliphatic hydroxyl groups excluding tert-OH is 2. The molecule has 0 fully saturated rings. The molecule has 3 N–H and O–H groups in total. The number of phenols is 1. The summed E-state index contributed by atoms with van der Waals surface area (Å²) in [7, 11) is 0. The van der Waals surface area contributed by atoms with Crippen molar-refractivity contribution in [3.05, 3.63) is 29.3 Å². The smallest absolute Gasteiger partial charge is 0.308 e. The first kappa shape index (κ1) is 16.1. The molecule has 0 spiro atoms. The number of carbonyl (C=O) groups excluding carboxylic acids is 2. The van der Waals surface area contributed by atoms with Crippen LogP contribution in [0.5, 0.6) is 5.75 Å². The van der Waals surface area contributed by atoms with Gasteiger partial charge in [0.2, 0.25) is 0 Å². The molecule has 0 bridgehead atoms. The minimum Gasteiger partial charge on any atom is -0.507 e. The number of hydrogen-bond acceptors (Lipinski definition) is 6. The molecule has 0 amide bonds. The van der Waals surface area contributed by atoms with Gasteiger partial charge >= 0.3 is 5.97 Å². The summed E-state index contributed by atoms with van der Waals surface area (Å²) in [4.78, 5) is 22.5. The molecular formula is C14H18O6. The van der Waals surface area contributed by atoms with E-state index >= 15 is 0 Å². The molecule has 2 unspecified atom stereocenters. The Kier molecular flexibility index (Phi) is 5.66. The lowest BCUT2D eigenvalue weighted by molar-refractivity contribution is -0.147. The average molecular weight is 282 g/mol. The number of aromatic hydroxyl groups is 1. The molecule has 110 valence electrons. The molecule has 0 heterocycles. The molecule has 0 aromatic heterocycles. The molecule has 0 aliphatic heterocycles. The van der Waals surface area contributed by atoms with Crippen molar-refractivity contribution in [3.63, 3.8) is 0 Å². The Balaban J connectivity index is 2.86. The number of benzene rings is 1. The standard InChI is InChI=1S/C14H18O6/c1-3-20-13(18)7-12(17)14(19)9-4-5-11(16)10(6-9)8(2)15/h4-6,12,14,16-17,19H,3,7H2,1-2H3. The lowest BCUT2D eigenvalue weighted by atomic mass is 9.98. The lowest BCUT2D eigenvalue weighted by Crippen LogP contribution is -2.23. The fourth-order valence-corrected chi connectivity index (χ4v) is 1.74. The van der Waals surface area contributed by atoms with E-state index in [4.69, 9.17) is 0 Å². The van der Waals surface area contributed by atoms with Crippen LogP contribution < -0.4 is 0 Å². The van der Waals surface area contributed by atoms with E-state index in [1.54, 1.807) is 6.92 Å². The van der Waals surface area contributed by atoms with Crippen LogP contribution in [0.4, 0.5) is 0 Å². The fourth-order valence-electron chi connectivity index (χ4n) is 1.74. The second-order valence-corrected chi connectivity index (χ2v) is 4.35. The monoisotopic (exact) mass is 282 g/mol. The Morgan fingerprint density at radius 3 is 2.50 bits per heavy atom. The topological polar surface area (TPSA) is 104 Å². The molecule has 2 atom stereocenters. The molecule has 1 aromatic carbocycles. The van der Waals surface area contributed by atoms with Crippen molar-refractivity contribution < 1.29 is 29.6 Å². The van der Waals surface area contributed by atoms with Crippen LogP contribution in [0.25, 0.3) is 0 Å². The van der Waals surface area contributed by atoms with Crippen LogP contribution in [0.15, 0.2) is 18.2 Å². The summed E-state index contributed by atoms with van der Waals surface area (Å²) in [6.45, 7) is 3.11. The van der Waals surface area contributed by atoms with E-state index in [0.29, 0.717) is 0 Å². The highest BCUT2D eigenvalue weighted by atomic mass is 16.5. The maximum atomic E-state index is 11.3. The summed E-state index contributed by atoms with van der Waals surface area (Å²) in [6.07, 6.45) is -3.05. The van der Waals surface area contributed by atoms with Gasteiger partial charge in [-0.3, -0.25) is 9.59 Å². The van der Waals surface area contributed by atoms with Crippen LogP contribution in [0.3, 0.4) is 0 Å². The molecule has 0 saturated carbocycles. The van der Waals surface area contributed by atoms with Crippen LogP contribution in [0.1, 0.15) is 42.3 Å². The zero-order chi connectivity index (χ0) is 15.3. The van der Waals surface area contributed by atoms with Gasteiger partial charge in [-0.2, -0.15) is 0 Å². The highest BCUT2D eigenvalue weighted by molar-refractivity contribution is 5.96. The molecule has 6 nitrogen and oxygen atoms in total. The van der Waals surface area contributed by atoms with E-state index in [0.717, 1.165) is 0 Å². The van der Waals surface area contributed by atoms with Crippen molar-refractivity contribution in [1.82, 2.24) is 0 Å². The summed E-state index contributed by atoms with van der Waals surface area (Å²) in [5, 5.41) is 29.2. The van der Waals surface area contributed by atoms with E-state index in [1.807, 2.05) is 0 Å². The number of aliphatic hydroxyl groups is 2. The van der Waals surface area contributed by atoms with Crippen molar-refractivity contribution in [3.8, 4) is 5.75 Å². The third kappa shape index (κ3) is 4.04. The second kappa shape index (κ2) is 7.02. The first-order valence-corrected chi connectivity index (χ1v) is 6.22. The maximum absolute atomic E-state index is 11.3. The number of ether oxygens (including phenoxy) is 1. The number of Topliss-reactive ketones (excluding diaryl/α,β-unsaturated/α-hetero) is 1. The first-order chi connectivity index (χ1) is 9.36. The molecule has 0 radical (unpaired) electrons. The molecular weight excluding hydrogens is 264 g/mol. The highest BCUT2D eigenvalue weighted by Crippen LogP contribution is 2.25. The number of phenolic OH excluding ortho intramolecular Hbond substituents is 1. The number of carbonyl (C=O) groups is 2. The predicted octanol–water partition coefficient (Wildman–Crippen LogP) is 0.942. The molecule has 0 saturated heterocycles. The number of ketones is 1. The Labute approximate surface area is 116 Å². The number of esters is 1. The van der Waals surface area contributed by atoms with Crippen molar-refractivity contribution in [2.24, 2.45) is 0 Å². The minimum atomic E-state index is -1.35. The van der Waals surface area contributed by atoms with E-state index in [-0.39, 0.29) is 35.7 Å². The van der Waals surface area contributed by atoms with E-state index in [2.05, 4.69) is 4.74 Å². The number of hydrogen-bond donors (Lipinski definition) is 3. The summed E-state index contributed by atoms with van der Waals surface area (Å²) in [6, 6.07) is 3.92. The summed E-state index contributed by atoms with van der Waals surface area (Å²) >= 11 is 0. The van der Waals surface area contributed by atoms with Gasteiger partial charge in [0.05, 0.1) is 24.7 Å². The number of rotatable bonds is 6. The average Bonchev–Trinajstić information content (AvgIpc) is 2.38. The zero-order valence-electron chi connectivity index (χ0n) is 11.4. The van der Waals surface area contributed by atoms with Gasteiger partial charge in [0.1, 0.15) is 11.9 Å². The maximum Gasteiger partial charge on any atom is 0.308 e. The van der Waals surface area contributed by atoms with Crippen LogP contribution in [-0.4, -0.2) is 39.8 Å². The van der Waals surface area contributed by atoms with Crippen molar-refractivity contribution in [2.75, 3.05) is 6.61 Å². The summed E-state index contributed by atoms with van der Waals surface area (Å²) in [5.41, 5.74) is 0.287. The van der Waals surface area contributed by atoms with Crippen LogP contribution in [-0.2, 0) is 9.53 Å². The van der Waals surface area contributed by atoms with E-state index in [9.17, 15) is 24.9 Å².